The van der Waals surface area contributed by atoms with Crippen molar-refractivity contribution in [2.45, 2.75) is 5.41 Å². The third-order valence-electron chi connectivity index (χ3n) is 11.8. The zero-order chi connectivity index (χ0) is 36.8. The number of nitrogens with zero attached hydrogens (tertiary/aromatic N) is 3. The summed E-state index contributed by atoms with van der Waals surface area (Å²) in [7, 11) is 0. The van der Waals surface area contributed by atoms with Gasteiger partial charge in [0.05, 0.1) is 33.5 Å². The van der Waals surface area contributed by atoms with E-state index in [1.807, 2.05) is 12.3 Å². The van der Waals surface area contributed by atoms with E-state index in [0.29, 0.717) is 0 Å². The largest absolute Gasteiger partial charge is 0.457 e. The Morgan fingerprint density at radius 1 is 0.411 bits per heavy atom. The fraction of sp³-hybridized carbons (Fsp3) is 0.0192. The average molecular weight is 714 g/mol. The third kappa shape index (κ3) is 4.32. The highest BCUT2D eigenvalue weighted by molar-refractivity contribution is 6.06. The Morgan fingerprint density at radius 3 is 1.96 bits per heavy atom. The van der Waals surface area contributed by atoms with Crippen LogP contribution < -0.4 is 4.74 Å². The average Bonchev–Trinajstić information content (AvgIpc) is 3.57. The van der Waals surface area contributed by atoms with Gasteiger partial charge in [0.1, 0.15) is 11.5 Å². The number of fused-ring (bicyclic) bond motifs is 14. The SMILES string of the molecule is c1ccc(-c2nc3c(c4ccccc24)C2(c4ccccc4Oc4ccc(-c5ccc(-c6ccc7ccc8cccnc8c7n6)cc5)cc42)c2ccccc2-3)cc1. The van der Waals surface area contributed by atoms with Crippen molar-refractivity contribution in [2.24, 2.45) is 0 Å². The van der Waals surface area contributed by atoms with Gasteiger partial charge in [-0.2, -0.15) is 0 Å². The van der Waals surface area contributed by atoms with Crippen LogP contribution in [0.25, 0.3) is 77.5 Å². The summed E-state index contributed by atoms with van der Waals surface area (Å²) in [4.78, 5) is 15.4. The second-order valence-electron chi connectivity index (χ2n) is 14.7. The van der Waals surface area contributed by atoms with Gasteiger partial charge in [-0.3, -0.25) is 4.98 Å². The van der Waals surface area contributed by atoms with Crippen molar-refractivity contribution < 1.29 is 4.74 Å². The molecule has 7 aromatic carbocycles. The van der Waals surface area contributed by atoms with Crippen LogP contribution in [0, 0.1) is 0 Å². The highest BCUT2D eigenvalue weighted by Gasteiger charge is 2.53. The molecule has 0 saturated heterocycles. The molecule has 1 aliphatic heterocycles. The summed E-state index contributed by atoms with van der Waals surface area (Å²) in [5.41, 5.74) is 14.3. The van der Waals surface area contributed by atoms with E-state index < -0.39 is 5.41 Å². The Labute approximate surface area is 323 Å². The number of aromatic nitrogens is 3. The summed E-state index contributed by atoms with van der Waals surface area (Å²) in [5, 5.41) is 4.49. The zero-order valence-corrected chi connectivity index (χ0v) is 30.1. The fourth-order valence-corrected chi connectivity index (χ4v) is 9.30. The first kappa shape index (κ1) is 31.0. The van der Waals surface area contributed by atoms with E-state index in [9.17, 15) is 0 Å². The second-order valence-corrected chi connectivity index (χ2v) is 14.7. The molecule has 0 saturated carbocycles. The Balaban J connectivity index is 1.06. The number of pyridine rings is 3. The molecule has 4 heteroatoms. The lowest BCUT2D eigenvalue weighted by molar-refractivity contribution is 0.437. The Bertz CT molecular complexity index is 3230. The molecule has 1 unspecified atom stereocenters. The lowest BCUT2D eigenvalue weighted by Crippen LogP contribution is -2.32. The predicted molar refractivity (Wildman–Crippen MR) is 226 cm³/mol. The molecular weight excluding hydrogens is 683 g/mol. The van der Waals surface area contributed by atoms with Gasteiger partial charge in [-0.05, 0) is 52.4 Å². The van der Waals surface area contributed by atoms with Gasteiger partial charge in [-0.25, -0.2) is 9.97 Å². The molecule has 0 radical (unpaired) electrons. The molecule has 4 nitrogen and oxygen atoms in total. The van der Waals surface area contributed by atoms with Gasteiger partial charge < -0.3 is 4.74 Å². The summed E-state index contributed by atoms with van der Waals surface area (Å²) in [6, 6.07) is 64.6. The maximum atomic E-state index is 6.80. The van der Waals surface area contributed by atoms with Crippen molar-refractivity contribution in [3.63, 3.8) is 0 Å². The first-order valence-electron chi connectivity index (χ1n) is 19.0. The first-order chi connectivity index (χ1) is 27.8. The standard InChI is InChI=1S/C52H31N3O/c1-2-11-34(12-3-1)48-39-15-5-4-14-38(39)47-51(55-48)40-16-6-7-17-41(40)52(47)42-18-8-9-19-45(42)56-46-29-27-37(31-43(46)52)32-20-22-33(23-21-32)44-28-26-36-25-24-35-13-10-30-53-49(35)50(36)54-44/h1-31H. The lowest BCUT2D eigenvalue weighted by atomic mass is 9.65. The summed E-state index contributed by atoms with van der Waals surface area (Å²) in [6.07, 6.45) is 1.83. The summed E-state index contributed by atoms with van der Waals surface area (Å²) >= 11 is 0. The van der Waals surface area contributed by atoms with Crippen molar-refractivity contribution in [1.29, 1.82) is 0 Å². The minimum Gasteiger partial charge on any atom is -0.457 e. The summed E-state index contributed by atoms with van der Waals surface area (Å²) < 4.78 is 6.80. The van der Waals surface area contributed by atoms with E-state index in [4.69, 9.17) is 14.7 Å². The summed E-state index contributed by atoms with van der Waals surface area (Å²) in [5.74, 6) is 1.71. The van der Waals surface area contributed by atoms with Crippen LogP contribution in [0.4, 0.5) is 0 Å². The molecule has 1 spiro atoms. The van der Waals surface area contributed by atoms with E-state index >= 15 is 0 Å². The Kier molecular flexibility index (Phi) is 6.52. The van der Waals surface area contributed by atoms with Crippen molar-refractivity contribution in [1.82, 2.24) is 15.0 Å². The number of ether oxygens (including phenoxy) is 1. The quantitative estimate of drug-likeness (QED) is 0.171. The lowest BCUT2D eigenvalue weighted by Gasteiger charge is -2.40. The molecule has 4 heterocycles. The molecule has 0 amide bonds. The minimum atomic E-state index is -0.667. The van der Waals surface area contributed by atoms with Crippen molar-refractivity contribution in [3.05, 3.63) is 210 Å². The van der Waals surface area contributed by atoms with Crippen LogP contribution in [-0.2, 0) is 5.41 Å². The van der Waals surface area contributed by atoms with Crippen molar-refractivity contribution >= 4 is 32.6 Å². The van der Waals surface area contributed by atoms with Gasteiger partial charge in [0.2, 0.25) is 0 Å². The Hall–Kier alpha value is -7.43. The number of benzene rings is 7. The number of hydrogen-bond donors (Lipinski definition) is 0. The van der Waals surface area contributed by atoms with Crippen molar-refractivity contribution in [2.75, 3.05) is 0 Å². The van der Waals surface area contributed by atoms with Crippen LogP contribution in [0.15, 0.2) is 188 Å². The van der Waals surface area contributed by atoms with Crippen LogP contribution in [0.1, 0.15) is 22.3 Å². The van der Waals surface area contributed by atoms with Crippen LogP contribution in [0.2, 0.25) is 0 Å². The van der Waals surface area contributed by atoms with E-state index in [1.54, 1.807) is 0 Å². The van der Waals surface area contributed by atoms with E-state index in [0.717, 1.165) is 94.7 Å². The van der Waals surface area contributed by atoms with E-state index in [1.165, 1.54) is 16.5 Å². The third-order valence-corrected chi connectivity index (χ3v) is 11.8. The molecule has 0 bridgehead atoms. The molecule has 260 valence electrons. The maximum absolute atomic E-state index is 6.80. The normalized spacial score (nSPS) is 15.0. The van der Waals surface area contributed by atoms with Gasteiger partial charge in [0.25, 0.3) is 0 Å². The highest BCUT2D eigenvalue weighted by atomic mass is 16.5. The molecule has 12 rings (SSSR count). The molecule has 56 heavy (non-hydrogen) atoms. The topological polar surface area (TPSA) is 47.9 Å². The zero-order valence-electron chi connectivity index (χ0n) is 30.1. The van der Waals surface area contributed by atoms with Crippen LogP contribution in [0.3, 0.4) is 0 Å². The van der Waals surface area contributed by atoms with Gasteiger partial charge in [0, 0.05) is 55.7 Å². The molecule has 0 fully saturated rings. The van der Waals surface area contributed by atoms with Crippen LogP contribution in [0.5, 0.6) is 11.5 Å². The smallest absolute Gasteiger partial charge is 0.132 e. The van der Waals surface area contributed by atoms with Gasteiger partial charge in [0.15, 0.2) is 0 Å². The summed E-state index contributed by atoms with van der Waals surface area (Å²) in [6.45, 7) is 0. The van der Waals surface area contributed by atoms with Gasteiger partial charge in [-0.15, -0.1) is 0 Å². The molecular formula is C52H31N3O. The van der Waals surface area contributed by atoms with E-state index in [2.05, 4.69) is 181 Å². The molecule has 2 aliphatic rings. The van der Waals surface area contributed by atoms with Gasteiger partial charge in [-0.1, -0.05) is 152 Å². The molecule has 10 aromatic rings. The van der Waals surface area contributed by atoms with E-state index in [-0.39, 0.29) is 0 Å². The van der Waals surface area contributed by atoms with Gasteiger partial charge >= 0.3 is 0 Å². The first-order valence-corrected chi connectivity index (χ1v) is 19.0. The monoisotopic (exact) mass is 713 g/mol. The minimum absolute atomic E-state index is 0.667. The molecule has 0 N–H and O–H groups in total. The van der Waals surface area contributed by atoms with Crippen LogP contribution >= 0.6 is 0 Å². The molecule has 3 aromatic heterocycles. The fourth-order valence-electron chi connectivity index (χ4n) is 9.30. The maximum Gasteiger partial charge on any atom is 0.132 e. The highest BCUT2D eigenvalue weighted by Crippen LogP contribution is 2.63. The Morgan fingerprint density at radius 2 is 1.09 bits per heavy atom. The molecule has 1 aliphatic carbocycles. The number of para-hydroxylation sites is 1. The van der Waals surface area contributed by atoms with Crippen LogP contribution in [-0.4, -0.2) is 15.0 Å². The second kappa shape index (κ2) is 11.8. The van der Waals surface area contributed by atoms with Crippen molar-refractivity contribution in [3.8, 4) is 56.4 Å². The number of hydrogen-bond acceptors (Lipinski definition) is 4. The predicted octanol–water partition coefficient (Wildman–Crippen LogP) is 12.8. The number of rotatable bonds is 3. The molecule has 1 atom stereocenters.